The zero-order valence-corrected chi connectivity index (χ0v) is 18.2. The molecule has 0 saturated carbocycles. The standard InChI is InChI=1S/C17H16N6O3S3/c1-21-12-13(22(2)17(26)23(3)14(12)25)20-16(21)29-8-11(24)19-15-18-9(7-28-15)10-5-4-6-27-10/h4-7H,8H2,1-3H3,(H,18,19,24). The molecule has 0 bridgehead atoms. The van der Waals surface area contributed by atoms with E-state index in [1.807, 2.05) is 22.9 Å². The lowest BCUT2D eigenvalue weighted by atomic mass is 10.4. The van der Waals surface area contributed by atoms with Gasteiger partial charge in [-0.15, -0.1) is 22.7 Å². The normalized spacial score (nSPS) is 11.3. The number of aryl methyl sites for hydroxylation is 2. The monoisotopic (exact) mass is 448 g/mol. The molecule has 0 spiro atoms. The molecule has 12 heteroatoms. The molecular formula is C17H16N6O3S3. The van der Waals surface area contributed by atoms with E-state index in [4.69, 9.17) is 0 Å². The van der Waals surface area contributed by atoms with Crippen LogP contribution >= 0.6 is 34.4 Å². The number of nitrogens with one attached hydrogen (secondary N) is 1. The maximum atomic E-state index is 12.4. The van der Waals surface area contributed by atoms with Gasteiger partial charge in [-0.1, -0.05) is 17.8 Å². The summed E-state index contributed by atoms with van der Waals surface area (Å²) in [6.07, 6.45) is 0. The first-order chi connectivity index (χ1) is 13.9. The molecule has 0 aliphatic heterocycles. The highest BCUT2D eigenvalue weighted by Crippen LogP contribution is 2.28. The average molecular weight is 449 g/mol. The first-order valence-corrected chi connectivity index (χ1v) is 11.2. The SMILES string of the molecule is Cn1c(=O)c2c(nc(SCC(=O)Nc3nc(-c4cccs4)cs3)n2C)n(C)c1=O. The number of thioether (sulfide) groups is 1. The molecule has 4 rings (SSSR count). The minimum Gasteiger partial charge on any atom is -0.316 e. The molecule has 4 aromatic rings. The minimum absolute atomic E-state index is 0.0966. The van der Waals surface area contributed by atoms with E-state index >= 15 is 0 Å². The Morgan fingerprint density at radius 2 is 1.93 bits per heavy atom. The number of hydrogen-bond donors (Lipinski definition) is 1. The van der Waals surface area contributed by atoms with Crippen molar-refractivity contribution in [3.8, 4) is 10.6 Å². The number of nitrogens with zero attached hydrogens (tertiary/aromatic N) is 5. The summed E-state index contributed by atoms with van der Waals surface area (Å²) in [5, 5.41) is 7.66. The van der Waals surface area contributed by atoms with Crippen LogP contribution in [0.2, 0.25) is 0 Å². The number of imidazole rings is 1. The Hall–Kier alpha value is -2.70. The van der Waals surface area contributed by atoms with Crippen LogP contribution in [0.1, 0.15) is 0 Å². The van der Waals surface area contributed by atoms with Gasteiger partial charge in [0.1, 0.15) is 0 Å². The van der Waals surface area contributed by atoms with Crippen LogP contribution in [0.15, 0.2) is 37.6 Å². The Balaban J connectivity index is 1.50. The number of fused-ring (bicyclic) bond motifs is 1. The first-order valence-electron chi connectivity index (χ1n) is 8.41. The van der Waals surface area contributed by atoms with Crippen LogP contribution in [0.5, 0.6) is 0 Å². The van der Waals surface area contributed by atoms with Gasteiger partial charge in [-0.25, -0.2) is 14.8 Å². The Labute approximate surface area is 176 Å². The number of thiophene rings is 1. The molecule has 0 fully saturated rings. The summed E-state index contributed by atoms with van der Waals surface area (Å²) in [4.78, 5) is 46.7. The molecule has 1 amide bonds. The highest BCUT2D eigenvalue weighted by molar-refractivity contribution is 7.99. The Bertz CT molecular complexity index is 1330. The van der Waals surface area contributed by atoms with Crippen LogP contribution in [0.25, 0.3) is 21.7 Å². The van der Waals surface area contributed by atoms with E-state index in [1.54, 1.807) is 30.0 Å². The predicted octanol–water partition coefficient (Wildman–Crippen LogP) is 1.89. The molecule has 4 heterocycles. The van der Waals surface area contributed by atoms with Crippen LogP contribution in [-0.4, -0.2) is 35.3 Å². The summed E-state index contributed by atoms with van der Waals surface area (Å²) in [5.74, 6) is -0.129. The van der Waals surface area contributed by atoms with Gasteiger partial charge in [-0.05, 0) is 11.4 Å². The van der Waals surface area contributed by atoms with Crippen LogP contribution in [0.4, 0.5) is 5.13 Å². The van der Waals surface area contributed by atoms with Crippen molar-refractivity contribution < 1.29 is 4.79 Å². The van der Waals surface area contributed by atoms with Crippen molar-refractivity contribution in [2.75, 3.05) is 11.1 Å². The largest absolute Gasteiger partial charge is 0.332 e. The number of amides is 1. The third-order valence-corrected chi connectivity index (χ3v) is 6.97. The molecule has 0 aliphatic rings. The molecular weight excluding hydrogens is 432 g/mol. The van der Waals surface area contributed by atoms with E-state index in [0.717, 1.165) is 15.1 Å². The van der Waals surface area contributed by atoms with Gasteiger partial charge in [0, 0.05) is 26.5 Å². The van der Waals surface area contributed by atoms with Crippen molar-refractivity contribution in [3.05, 3.63) is 43.7 Å². The summed E-state index contributed by atoms with van der Waals surface area (Å²) >= 11 is 4.14. The van der Waals surface area contributed by atoms with E-state index in [9.17, 15) is 14.4 Å². The van der Waals surface area contributed by atoms with Gasteiger partial charge in [0.15, 0.2) is 21.5 Å². The maximum Gasteiger partial charge on any atom is 0.332 e. The summed E-state index contributed by atoms with van der Waals surface area (Å²) in [6.45, 7) is 0. The van der Waals surface area contributed by atoms with Crippen LogP contribution in [0.3, 0.4) is 0 Å². The number of rotatable bonds is 5. The molecule has 0 radical (unpaired) electrons. The van der Waals surface area contributed by atoms with Gasteiger partial charge in [-0.2, -0.15) is 0 Å². The number of carbonyl (C=O) groups excluding carboxylic acids is 1. The molecule has 29 heavy (non-hydrogen) atoms. The number of carbonyl (C=O) groups is 1. The number of hydrogen-bond acceptors (Lipinski definition) is 8. The second kappa shape index (κ2) is 7.61. The molecule has 0 aliphatic carbocycles. The highest BCUT2D eigenvalue weighted by atomic mass is 32.2. The van der Waals surface area contributed by atoms with Gasteiger partial charge in [0.25, 0.3) is 5.56 Å². The second-order valence-corrected chi connectivity index (χ2v) is 8.93. The minimum atomic E-state index is -0.444. The summed E-state index contributed by atoms with van der Waals surface area (Å²) in [7, 11) is 4.68. The predicted molar refractivity (Wildman–Crippen MR) is 116 cm³/mol. The van der Waals surface area contributed by atoms with E-state index in [2.05, 4.69) is 15.3 Å². The van der Waals surface area contributed by atoms with E-state index in [1.165, 1.54) is 34.7 Å². The molecule has 0 atom stereocenters. The van der Waals surface area contributed by atoms with E-state index < -0.39 is 11.2 Å². The van der Waals surface area contributed by atoms with E-state index in [-0.39, 0.29) is 11.7 Å². The zero-order valence-electron chi connectivity index (χ0n) is 15.7. The van der Waals surface area contributed by atoms with Crippen molar-refractivity contribution >= 4 is 56.6 Å². The van der Waals surface area contributed by atoms with Crippen molar-refractivity contribution in [2.24, 2.45) is 21.1 Å². The van der Waals surface area contributed by atoms with E-state index in [0.29, 0.717) is 21.5 Å². The molecule has 0 saturated heterocycles. The summed E-state index contributed by atoms with van der Waals surface area (Å²) in [6, 6.07) is 3.93. The summed E-state index contributed by atoms with van der Waals surface area (Å²) in [5.41, 5.74) is 0.584. The van der Waals surface area contributed by atoms with Crippen molar-refractivity contribution in [3.63, 3.8) is 0 Å². The fourth-order valence-corrected chi connectivity index (χ4v) is 5.04. The topological polar surface area (TPSA) is 104 Å². The fourth-order valence-electron chi connectivity index (χ4n) is 2.78. The third kappa shape index (κ3) is 3.54. The van der Waals surface area contributed by atoms with Crippen molar-refractivity contribution in [1.82, 2.24) is 23.7 Å². The lowest BCUT2D eigenvalue weighted by Gasteiger charge is -2.03. The Kier molecular flexibility index (Phi) is 5.15. The number of thiazole rings is 1. The molecule has 1 N–H and O–H groups in total. The lowest BCUT2D eigenvalue weighted by molar-refractivity contribution is -0.113. The zero-order chi connectivity index (χ0) is 20.7. The number of anilines is 1. The Morgan fingerprint density at radius 3 is 2.66 bits per heavy atom. The van der Waals surface area contributed by atoms with Crippen LogP contribution < -0.4 is 16.6 Å². The highest BCUT2D eigenvalue weighted by Gasteiger charge is 2.18. The van der Waals surface area contributed by atoms with Crippen molar-refractivity contribution in [1.29, 1.82) is 0 Å². The smallest absolute Gasteiger partial charge is 0.316 e. The van der Waals surface area contributed by atoms with Crippen LogP contribution in [0, 0.1) is 0 Å². The van der Waals surface area contributed by atoms with Gasteiger partial charge in [0.05, 0.1) is 16.3 Å². The average Bonchev–Trinajstić information content (AvgIpc) is 3.43. The quantitative estimate of drug-likeness (QED) is 0.468. The van der Waals surface area contributed by atoms with Gasteiger partial charge in [0.2, 0.25) is 5.91 Å². The van der Waals surface area contributed by atoms with Gasteiger partial charge >= 0.3 is 5.69 Å². The third-order valence-electron chi connectivity index (χ3n) is 4.29. The van der Waals surface area contributed by atoms with Crippen LogP contribution in [-0.2, 0) is 25.9 Å². The molecule has 150 valence electrons. The Morgan fingerprint density at radius 1 is 1.14 bits per heavy atom. The van der Waals surface area contributed by atoms with Crippen molar-refractivity contribution in [2.45, 2.75) is 5.16 Å². The summed E-state index contributed by atoms with van der Waals surface area (Å²) < 4.78 is 3.97. The van der Waals surface area contributed by atoms with Gasteiger partial charge in [-0.3, -0.25) is 18.7 Å². The number of aromatic nitrogens is 5. The fraction of sp³-hybridized carbons (Fsp3) is 0.235. The molecule has 9 nitrogen and oxygen atoms in total. The lowest BCUT2D eigenvalue weighted by Crippen LogP contribution is -2.37. The molecule has 4 aromatic heterocycles. The first kappa shape index (κ1) is 19.6. The molecule has 0 aromatic carbocycles. The second-order valence-electron chi connectivity index (χ2n) is 6.18. The molecule has 0 unspecified atom stereocenters. The maximum absolute atomic E-state index is 12.4. The van der Waals surface area contributed by atoms with Gasteiger partial charge < -0.3 is 9.88 Å².